The molecule has 0 bridgehead atoms. The van der Waals surface area contributed by atoms with Crippen LogP contribution in [0.15, 0.2) is 11.2 Å². The molecule has 146 valence electrons. The zero-order valence-electron chi connectivity index (χ0n) is 16.4. The van der Waals surface area contributed by atoms with Crippen LogP contribution in [0, 0.1) is 11.3 Å². The molecule has 0 aromatic carbocycles. The minimum absolute atomic E-state index is 0.0588. The summed E-state index contributed by atoms with van der Waals surface area (Å²) in [6.07, 6.45) is 6.88. The quantitative estimate of drug-likeness (QED) is 0.394. The van der Waals surface area contributed by atoms with Crippen LogP contribution in [0.25, 0.3) is 0 Å². The van der Waals surface area contributed by atoms with E-state index in [1.807, 2.05) is 0 Å². The molecule has 1 aromatic rings. The van der Waals surface area contributed by atoms with Gasteiger partial charge in [0.15, 0.2) is 5.96 Å². The molecule has 1 aromatic heterocycles. The summed E-state index contributed by atoms with van der Waals surface area (Å²) in [7, 11) is 1.35. The molecule has 1 aliphatic carbocycles. The van der Waals surface area contributed by atoms with E-state index >= 15 is 0 Å². The van der Waals surface area contributed by atoms with Crippen LogP contribution >= 0.6 is 0 Å². The maximum absolute atomic E-state index is 11.3. The fourth-order valence-corrected chi connectivity index (χ4v) is 3.45. The highest BCUT2D eigenvalue weighted by Gasteiger charge is 2.37. The van der Waals surface area contributed by atoms with E-state index in [1.165, 1.54) is 37.5 Å². The second-order valence-electron chi connectivity index (χ2n) is 7.48. The Bertz CT molecular complexity index is 607. The molecule has 8 nitrogen and oxygen atoms in total. The number of aromatic nitrogens is 3. The van der Waals surface area contributed by atoms with E-state index in [9.17, 15) is 4.79 Å². The van der Waals surface area contributed by atoms with Gasteiger partial charge in [-0.05, 0) is 37.5 Å². The Kier molecular flexibility index (Phi) is 7.41. The molecule has 0 unspecified atom stereocenters. The highest BCUT2D eigenvalue weighted by molar-refractivity contribution is 5.79. The second kappa shape index (κ2) is 9.54. The minimum atomic E-state index is -0.351. The lowest BCUT2D eigenvalue weighted by atomic mass is 9.64. The van der Waals surface area contributed by atoms with Crippen LogP contribution in [-0.4, -0.2) is 47.1 Å². The van der Waals surface area contributed by atoms with Crippen molar-refractivity contribution in [3.05, 3.63) is 11.9 Å². The van der Waals surface area contributed by atoms with Crippen molar-refractivity contribution in [3.63, 3.8) is 0 Å². The standard InChI is InChI=1S/C18H32N6O2/c1-5-19-17(21-13-18(7-6-8-18)9-14(2)3)20-10-15-11-24(23-22-15)12-16(25)26-4/h11,14H,5-10,12-13H2,1-4H3,(H2,19,20,21). The van der Waals surface area contributed by atoms with Crippen molar-refractivity contribution in [1.82, 2.24) is 25.6 Å². The molecule has 0 aliphatic heterocycles. The Morgan fingerprint density at radius 2 is 2.19 bits per heavy atom. The topological polar surface area (TPSA) is 93.4 Å². The number of hydrogen-bond acceptors (Lipinski definition) is 5. The maximum Gasteiger partial charge on any atom is 0.327 e. The fourth-order valence-electron chi connectivity index (χ4n) is 3.45. The van der Waals surface area contributed by atoms with Gasteiger partial charge in [0.05, 0.1) is 19.9 Å². The van der Waals surface area contributed by atoms with Gasteiger partial charge in [-0.2, -0.15) is 0 Å². The molecule has 0 radical (unpaired) electrons. The molecule has 1 fully saturated rings. The summed E-state index contributed by atoms with van der Waals surface area (Å²) in [5, 5.41) is 14.8. The predicted molar refractivity (Wildman–Crippen MR) is 101 cm³/mol. The van der Waals surface area contributed by atoms with E-state index in [0.29, 0.717) is 23.6 Å². The first-order chi connectivity index (χ1) is 12.5. The van der Waals surface area contributed by atoms with Crippen molar-refractivity contribution in [1.29, 1.82) is 0 Å². The molecule has 8 heteroatoms. The summed E-state index contributed by atoms with van der Waals surface area (Å²) in [5.74, 6) is 1.16. The molecule has 2 rings (SSSR count). The number of carbonyl (C=O) groups is 1. The van der Waals surface area contributed by atoms with Crippen molar-refractivity contribution in [2.45, 2.75) is 59.5 Å². The summed E-state index contributed by atoms with van der Waals surface area (Å²) < 4.78 is 6.09. The molecule has 1 heterocycles. The monoisotopic (exact) mass is 364 g/mol. The summed E-state index contributed by atoms with van der Waals surface area (Å²) in [5.41, 5.74) is 1.13. The van der Waals surface area contributed by atoms with Gasteiger partial charge in [-0.3, -0.25) is 4.79 Å². The lowest BCUT2D eigenvalue weighted by Crippen LogP contribution is -2.47. The minimum Gasteiger partial charge on any atom is -0.468 e. The van der Waals surface area contributed by atoms with Crippen molar-refractivity contribution < 1.29 is 9.53 Å². The lowest BCUT2D eigenvalue weighted by Gasteiger charge is -2.43. The molecule has 2 N–H and O–H groups in total. The van der Waals surface area contributed by atoms with Gasteiger partial charge in [0.25, 0.3) is 0 Å². The Hall–Kier alpha value is -2.12. The third-order valence-electron chi connectivity index (χ3n) is 4.73. The van der Waals surface area contributed by atoms with Crippen LogP contribution in [0.3, 0.4) is 0 Å². The van der Waals surface area contributed by atoms with Gasteiger partial charge in [0.1, 0.15) is 12.2 Å². The maximum atomic E-state index is 11.3. The third-order valence-corrected chi connectivity index (χ3v) is 4.73. The van der Waals surface area contributed by atoms with Crippen LogP contribution in [-0.2, 0) is 22.6 Å². The first kappa shape index (κ1) is 20.2. The Labute approximate surface area is 155 Å². The van der Waals surface area contributed by atoms with E-state index < -0.39 is 0 Å². The molecule has 0 atom stereocenters. The average Bonchev–Trinajstić information content (AvgIpc) is 3.01. The Morgan fingerprint density at radius 1 is 1.42 bits per heavy atom. The highest BCUT2D eigenvalue weighted by Crippen LogP contribution is 2.45. The highest BCUT2D eigenvalue weighted by atomic mass is 16.5. The van der Waals surface area contributed by atoms with Gasteiger partial charge >= 0.3 is 5.97 Å². The number of hydrogen-bond donors (Lipinski definition) is 2. The van der Waals surface area contributed by atoms with Crippen LogP contribution < -0.4 is 10.6 Å². The zero-order chi connectivity index (χ0) is 19.0. The van der Waals surface area contributed by atoms with Crippen molar-refractivity contribution >= 4 is 11.9 Å². The Morgan fingerprint density at radius 3 is 2.77 bits per heavy atom. The van der Waals surface area contributed by atoms with E-state index in [-0.39, 0.29) is 12.5 Å². The van der Waals surface area contributed by atoms with Crippen LogP contribution in [0.5, 0.6) is 0 Å². The van der Waals surface area contributed by atoms with Crippen LogP contribution in [0.2, 0.25) is 0 Å². The van der Waals surface area contributed by atoms with E-state index in [1.54, 1.807) is 6.20 Å². The van der Waals surface area contributed by atoms with Gasteiger partial charge in [-0.25, -0.2) is 9.67 Å². The number of methoxy groups -OCH3 is 1. The molecule has 0 saturated heterocycles. The van der Waals surface area contributed by atoms with Gasteiger partial charge in [-0.15, -0.1) is 5.10 Å². The number of esters is 1. The van der Waals surface area contributed by atoms with Crippen LogP contribution in [0.1, 0.15) is 52.1 Å². The number of carbonyl (C=O) groups excluding carboxylic acids is 1. The summed E-state index contributed by atoms with van der Waals surface area (Å²) in [4.78, 5) is 15.9. The van der Waals surface area contributed by atoms with E-state index in [2.05, 4.69) is 51.4 Å². The summed E-state index contributed by atoms with van der Waals surface area (Å²) >= 11 is 0. The molecule has 0 spiro atoms. The lowest BCUT2D eigenvalue weighted by molar-refractivity contribution is -0.141. The van der Waals surface area contributed by atoms with E-state index in [4.69, 9.17) is 0 Å². The van der Waals surface area contributed by atoms with Crippen molar-refractivity contribution in [2.24, 2.45) is 16.3 Å². The average molecular weight is 364 g/mol. The van der Waals surface area contributed by atoms with Gasteiger partial charge in [-0.1, -0.05) is 25.5 Å². The fraction of sp³-hybridized carbons (Fsp3) is 0.778. The number of ether oxygens (including phenoxy) is 1. The number of guanidine groups is 1. The number of nitrogens with one attached hydrogen (secondary N) is 2. The third kappa shape index (κ3) is 6.00. The van der Waals surface area contributed by atoms with Gasteiger partial charge in [0, 0.05) is 13.1 Å². The Balaban J connectivity index is 1.91. The van der Waals surface area contributed by atoms with Crippen molar-refractivity contribution in [3.8, 4) is 0 Å². The van der Waals surface area contributed by atoms with Gasteiger partial charge in [0.2, 0.25) is 0 Å². The van der Waals surface area contributed by atoms with E-state index in [0.717, 1.165) is 19.0 Å². The molecular formula is C18H32N6O2. The molecular weight excluding hydrogens is 332 g/mol. The summed E-state index contributed by atoms with van der Waals surface area (Å²) in [6, 6.07) is 0. The molecule has 1 aliphatic rings. The predicted octanol–water partition coefficient (Wildman–Crippen LogP) is 1.72. The molecule has 0 amide bonds. The van der Waals surface area contributed by atoms with Crippen molar-refractivity contribution in [2.75, 3.05) is 20.2 Å². The first-order valence-corrected chi connectivity index (χ1v) is 9.44. The largest absolute Gasteiger partial charge is 0.468 e. The first-order valence-electron chi connectivity index (χ1n) is 9.44. The second-order valence-corrected chi connectivity index (χ2v) is 7.48. The number of rotatable bonds is 9. The smallest absolute Gasteiger partial charge is 0.327 e. The van der Waals surface area contributed by atoms with Crippen LogP contribution in [0.4, 0.5) is 0 Å². The summed E-state index contributed by atoms with van der Waals surface area (Å²) in [6.45, 7) is 8.85. The number of aliphatic imine (C=N–C) groups is 1. The SMILES string of the molecule is CCNC(=NCc1cn(CC(=O)OC)nn1)NCC1(CC(C)C)CCC1. The normalized spacial score (nSPS) is 16.3. The molecule has 1 saturated carbocycles. The zero-order valence-corrected chi connectivity index (χ0v) is 16.4. The number of nitrogens with zero attached hydrogens (tertiary/aromatic N) is 4. The van der Waals surface area contributed by atoms with Gasteiger partial charge < -0.3 is 15.4 Å². The molecule has 26 heavy (non-hydrogen) atoms.